The third kappa shape index (κ3) is 6.45. The molecule has 0 radical (unpaired) electrons. The van der Waals surface area contributed by atoms with Gasteiger partial charge in [-0.05, 0) is 67.9 Å². The lowest BCUT2D eigenvalue weighted by Crippen LogP contribution is -2.22. The predicted octanol–water partition coefficient (Wildman–Crippen LogP) is 6.67. The van der Waals surface area contributed by atoms with Crippen LogP contribution in [0.1, 0.15) is 16.7 Å². The summed E-state index contributed by atoms with van der Waals surface area (Å²) in [4.78, 5) is 13.6. The number of rotatable bonds is 9. The van der Waals surface area contributed by atoms with Crippen LogP contribution >= 0.6 is 0 Å². The second-order valence-corrected chi connectivity index (χ2v) is 15.4. The molecule has 1 N–H and O–H groups in total. The van der Waals surface area contributed by atoms with Crippen molar-refractivity contribution in [1.82, 2.24) is 8.54 Å². The highest BCUT2D eigenvalue weighted by Gasteiger charge is 2.25. The fourth-order valence-electron chi connectivity index (χ4n) is 5.31. The number of nitrogens with zero attached hydrogens (tertiary/aromatic N) is 2. The molecule has 11 heteroatoms. The van der Waals surface area contributed by atoms with E-state index in [9.17, 15) is 21.6 Å². The molecule has 6 rings (SSSR count). The van der Waals surface area contributed by atoms with Crippen LogP contribution in [0.4, 0.5) is 5.69 Å². The van der Waals surface area contributed by atoms with E-state index in [1.54, 1.807) is 36.5 Å². The number of aryl methyl sites for hydroxylation is 3. The molecule has 2 heterocycles. The molecule has 0 atom stereocenters. The van der Waals surface area contributed by atoms with Crippen LogP contribution < -0.4 is 15.6 Å². The highest BCUT2D eigenvalue weighted by atomic mass is 32.2. The van der Waals surface area contributed by atoms with Crippen LogP contribution in [-0.2, 0) is 33.5 Å². The van der Waals surface area contributed by atoms with E-state index in [0.29, 0.717) is 34.6 Å². The molecule has 240 valence electrons. The molecule has 0 fully saturated rings. The molecule has 0 saturated carbocycles. The second-order valence-electron chi connectivity index (χ2n) is 11.5. The molecular weight excluding hydrogens is 635 g/mol. The smallest absolute Gasteiger partial charge is 0.275 e. The molecule has 4 aromatic carbocycles. The van der Waals surface area contributed by atoms with Crippen molar-refractivity contribution in [2.75, 3.05) is 11.6 Å². The summed E-state index contributed by atoms with van der Waals surface area (Å²) < 4.78 is 61.4. The first-order chi connectivity index (χ1) is 22.3. The van der Waals surface area contributed by atoms with Crippen LogP contribution in [0, 0.1) is 13.8 Å². The zero-order valence-electron chi connectivity index (χ0n) is 26.3. The minimum atomic E-state index is -4.13. The van der Waals surface area contributed by atoms with Gasteiger partial charge in [-0.1, -0.05) is 53.6 Å². The van der Waals surface area contributed by atoms with Gasteiger partial charge in [0.2, 0.25) is 0 Å². The molecule has 0 spiro atoms. The fourth-order valence-corrected chi connectivity index (χ4v) is 7.31. The minimum Gasteiger partial charge on any atom is -0.457 e. The van der Waals surface area contributed by atoms with E-state index < -0.39 is 25.4 Å². The molecule has 0 unspecified atom stereocenters. The molecular formula is C36H33N3O6S2. The topological polar surface area (TPSA) is 116 Å². The Labute approximate surface area is 273 Å². The summed E-state index contributed by atoms with van der Waals surface area (Å²) in [5.74, 6) is 0.815. The van der Waals surface area contributed by atoms with E-state index in [4.69, 9.17) is 4.74 Å². The average Bonchev–Trinajstić information content (AvgIpc) is 3.49. The van der Waals surface area contributed by atoms with Crippen LogP contribution in [0.2, 0.25) is 0 Å². The number of hydrogen-bond donors (Lipinski definition) is 1. The van der Waals surface area contributed by atoms with Gasteiger partial charge in [0, 0.05) is 60.5 Å². The van der Waals surface area contributed by atoms with Crippen molar-refractivity contribution in [2.24, 2.45) is 7.05 Å². The van der Waals surface area contributed by atoms with Crippen molar-refractivity contribution in [1.29, 1.82) is 0 Å². The Morgan fingerprint density at radius 1 is 0.766 bits per heavy atom. The molecule has 9 nitrogen and oxygen atoms in total. The van der Waals surface area contributed by atoms with Crippen molar-refractivity contribution in [2.45, 2.75) is 30.2 Å². The summed E-state index contributed by atoms with van der Waals surface area (Å²) >= 11 is 0. The first kappa shape index (κ1) is 31.8. The number of anilines is 1. The lowest BCUT2D eigenvalue weighted by Gasteiger charge is -2.16. The van der Waals surface area contributed by atoms with Crippen molar-refractivity contribution in [3.63, 3.8) is 0 Å². The van der Waals surface area contributed by atoms with E-state index in [-0.39, 0.29) is 15.3 Å². The molecule has 6 aromatic rings. The van der Waals surface area contributed by atoms with Crippen molar-refractivity contribution in [3.05, 3.63) is 136 Å². The Morgan fingerprint density at radius 2 is 1.43 bits per heavy atom. The highest BCUT2D eigenvalue weighted by Crippen LogP contribution is 2.39. The zero-order valence-corrected chi connectivity index (χ0v) is 27.9. The molecule has 0 amide bonds. The Kier molecular flexibility index (Phi) is 8.29. The molecule has 0 saturated heterocycles. The molecule has 0 aliphatic heterocycles. The number of pyridine rings is 1. The number of nitrogens with one attached hydrogen (secondary N) is 1. The molecule has 0 aliphatic carbocycles. The largest absolute Gasteiger partial charge is 0.457 e. The Morgan fingerprint density at radius 3 is 2.11 bits per heavy atom. The van der Waals surface area contributed by atoms with Crippen LogP contribution in [0.3, 0.4) is 0 Å². The van der Waals surface area contributed by atoms with Crippen LogP contribution in [-0.4, -0.2) is 31.6 Å². The van der Waals surface area contributed by atoms with Gasteiger partial charge in [0.25, 0.3) is 15.6 Å². The van der Waals surface area contributed by atoms with Gasteiger partial charge in [-0.3, -0.25) is 4.79 Å². The number of ether oxygens (including phenoxy) is 1. The quantitative estimate of drug-likeness (QED) is 0.183. The summed E-state index contributed by atoms with van der Waals surface area (Å²) in [5.41, 5.74) is 4.22. The fraction of sp³-hybridized carbons (Fsp3) is 0.139. The van der Waals surface area contributed by atoms with Gasteiger partial charge in [-0.15, -0.1) is 0 Å². The summed E-state index contributed by atoms with van der Waals surface area (Å²) in [5, 5.41) is 3.72. The molecule has 0 bridgehead atoms. The maximum Gasteiger partial charge on any atom is 0.275 e. The molecule has 47 heavy (non-hydrogen) atoms. The lowest BCUT2D eigenvalue weighted by atomic mass is 10.0. The van der Waals surface area contributed by atoms with Gasteiger partial charge < -0.3 is 14.6 Å². The van der Waals surface area contributed by atoms with Gasteiger partial charge in [-0.25, -0.2) is 20.8 Å². The Balaban J connectivity index is 1.45. The van der Waals surface area contributed by atoms with Crippen LogP contribution in [0.5, 0.6) is 11.5 Å². The SMILES string of the molecule is Cc1ccc(CNc2cccc(Oc3ccc(S(C)(=O)=O)cc3-c3cn(C)c(=O)c4c3ccn4S(=O)(=O)c3ccc(C)cc3)c2)cc1. The average molecular weight is 668 g/mol. The van der Waals surface area contributed by atoms with Gasteiger partial charge in [-0.2, -0.15) is 0 Å². The summed E-state index contributed by atoms with van der Waals surface area (Å²) in [6.45, 7) is 4.50. The maximum atomic E-state index is 13.7. The third-order valence-electron chi connectivity index (χ3n) is 7.91. The Bertz CT molecular complexity index is 2410. The number of benzene rings is 4. The van der Waals surface area contributed by atoms with Gasteiger partial charge >= 0.3 is 0 Å². The first-order valence-corrected chi connectivity index (χ1v) is 18.1. The second kappa shape index (κ2) is 12.2. The Hall–Kier alpha value is -5.13. The highest BCUT2D eigenvalue weighted by molar-refractivity contribution is 7.90. The van der Waals surface area contributed by atoms with Crippen LogP contribution in [0.25, 0.3) is 22.0 Å². The van der Waals surface area contributed by atoms with Crippen LogP contribution in [0.15, 0.2) is 124 Å². The standard InChI is InChI=1S/C36H33N3O6S2/c1-24-8-12-26(13-9-24)22-37-27-6-5-7-28(20-27)45-34-17-16-30(46(4,41)42)21-32(34)33-23-38(3)36(40)35-31(33)18-19-39(35)47(43,44)29-14-10-25(2)11-15-29/h5-21,23,37H,22H2,1-4H3. The predicted molar refractivity (Wildman–Crippen MR) is 185 cm³/mol. The van der Waals surface area contributed by atoms with Gasteiger partial charge in [0.05, 0.1) is 9.79 Å². The van der Waals surface area contributed by atoms with Crippen molar-refractivity contribution < 1.29 is 21.6 Å². The monoisotopic (exact) mass is 667 g/mol. The maximum absolute atomic E-state index is 13.7. The number of sulfone groups is 1. The molecule has 2 aromatic heterocycles. The number of aromatic nitrogens is 2. The number of fused-ring (bicyclic) bond motifs is 1. The van der Waals surface area contributed by atoms with E-state index in [1.165, 1.54) is 47.6 Å². The lowest BCUT2D eigenvalue weighted by molar-refractivity contribution is 0.484. The van der Waals surface area contributed by atoms with Crippen molar-refractivity contribution in [3.8, 4) is 22.6 Å². The minimum absolute atomic E-state index is 0.0343. The normalized spacial score (nSPS) is 11.9. The molecule has 0 aliphatic rings. The van der Waals surface area contributed by atoms with Gasteiger partial charge in [0.15, 0.2) is 9.84 Å². The van der Waals surface area contributed by atoms with Gasteiger partial charge in [0.1, 0.15) is 17.0 Å². The van der Waals surface area contributed by atoms with E-state index >= 15 is 0 Å². The number of hydrogen-bond acceptors (Lipinski definition) is 7. The first-order valence-electron chi connectivity index (χ1n) is 14.8. The van der Waals surface area contributed by atoms with E-state index in [2.05, 4.69) is 29.6 Å². The summed E-state index contributed by atoms with van der Waals surface area (Å²) in [6.07, 6.45) is 4.01. The summed E-state index contributed by atoms with van der Waals surface area (Å²) in [6, 6.07) is 28.0. The van der Waals surface area contributed by atoms with E-state index in [0.717, 1.165) is 27.0 Å². The van der Waals surface area contributed by atoms with E-state index in [1.807, 2.05) is 32.0 Å². The van der Waals surface area contributed by atoms with Crippen molar-refractivity contribution >= 4 is 36.5 Å². The summed E-state index contributed by atoms with van der Waals surface area (Å²) in [7, 11) is -6.24. The zero-order chi connectivity index (χ0) is 33.5. The third-order valence-corrected chi connectivity index (χ3v) is 10.7.